The number of thioether (sulfide) groups is 1. The number of hydrogen-bond donors (Lipinski definition) is 0. The van der Waals surface area contributed by atoms with Gasteiger partial charge in [-0.15, -0.1) is 0 Å². The van der Waals surface area contributed by atoms with Gasteiger partial charge in [-0.25, -0.2) is 9.78 Å². The highest BCUT2D eigenvalue weighted by molar-refractivity contribution is 7.99. The predicted molar refractivity (Wildman–Crippen MR) is 173 cm³/mol. The summed E-state index contributed by atoms with van der Waals surface area (Å²) in [7, 11) is 0. The minimum absolute atomic E-state index is 0.000554. The number of esters is 1. The van der Waals surface area contributed by atoms with Crippen molar-refractivity contribution in [2.45, 2.75) is 76.8 Å². The Kier molecular flexibility index (Phi) is 10.6. The molecular formula is C35H43N3O4S. The van der Waals surface area contributed by atoms with E-state index in [1.807, 2.05) is 112 Å². The summed E-state index contributed by atoms with van der Waals surface area (Å²) in [5, 5.41) is 0.752. The van der Waals surface area contributed by atoms with Crippen LogP contribution >= 0.6 is 11.8 Å². The molecule has 4 aromatic rings. The molecule has 0 N–H and O–H groups in total. The van der Waals surface area contributed by atoms with Crippen LogP contribution in [0.2, 0.25) is 0 Å². The third kappa shape index (κ3) is 9.61. The SMILES string of the molecule is CC(C)(C)OC(=O)Cn1c(SCCCN(CC(c2ccccc2)c2ccccc2)C(=O)OC(C)(C)C)nc2ccccc21. The number of benzene rings is 3. The average Bonchev–Trinajstić information content (AvgIpc) is 3.28. The van der Waals surface area contributed by atoms with Gasteiger partial charge in [0.2, 0.25) is 0 Å². The molecule has 0 aliphatic rings. The monoisotopic (exact) mass is 601 g/mol. The number of para-hydroxylation sites is 2. The molecular weight excluding hydrogens is 558 g/mol. The Morgan fingerprint density at radius 2 is 1.37 bits per heavy atom. The number of hydrogen-bond acceptors (Lipinski definition) is 6. The summed E-state index contributed by atoms with van der Waals surface area (Å²) >= 11 is 1.58. The summed E-state index contributed by atoms with van der Waals surface area (Å²) in [5.41, 5.74) is 2.84. The van der Waals surface area contributed by atoms with Gasteiger partial charge in [0.25, 0.3) is 0 Å². The fraction of sp³-hybridized carbons (Fsp3) is 0.400. The van der Waals surface area contributed by atoms with E-state index in [2.05, 4.69) is 24.3 Å². The molecule has 0 atom stereocenters. The van der Waals surface area contributed by atoms with E-state index in [9.17, 15) is 9.59 Å². The molecule has 0 aliphatic heterocycles. The summed E-state index contributed by atoms with van der Waals surface area (Å²) in [4.78, 5) is 32.8. The van der Waals surface area contributed by atoms with E-state index in [-0.39, 0.29) is 24.5 Å². The van der Waals surface area contributed by atoms with Crippen molar-refractivity contribution in [2.75, 3.05) is 18.8 Å². The highest BCUT2D eigenvalue weighted by Crippen LogP contribution is 2.28. The van der Waals surface area contributed by atoms with Gasteiger partial charge in [-0.05, 0) is 71.2 Å². The number of carbonyl (C=O) groups excluding carboxylic acids is 2. The molecule has 7 nitrogen and oxygen atoms in total. The van der Waals surface area contributed by atoms with Crippen LogP contribution in [0.3, 0.4) is 0 Å². The van der Waals surface area contributed by atoms with Crippen molar-refractivity contribution < 1.29 is 19.1 Å². The van der Waals surface area contributed by atoms with Gasteiger partial charge in [-0.2, -0.15) is 0 Å². The summed E-state index contributed by atoms with van der Waals surface area (Å²) in [6.45, 7) is 12.4. The van der Waals surface area contributed by atoms with Gasteiger partial charge in [-0.3, -0.25) is 4.79 Å². The topological polar surface area (TPSA) is 73.7 Å². The number of amides is 1. The molecule has 1 heterocycles. The van der Waals surface area contributed by atoms with Crippen LogP contribution in [0.25, 0.3) is 11.0 Å². The molecule has 3 aromatic carbocycles. The van der Waals surface area contributed by atoms with Crippen LogP contribution in [0.15, 0.2) is 90.1 Å². The van der Waals surface area contributed by atoms with E-state index in [0.717, 1.165) is 33.7 Å². The number of rotatable bonds is 11. The molecule has 43 heavy (non-hydrogen) atoms. The normalized spacial score (nSPS) is 12.0. The molecule has 0 saturated carbocycles. The van der Waals surface area contributed by atoms with E-state index < -0.39 is 11.2 Å². The molecule has 0 saturated heterocycles. The van der Waals surface area contributed by atoms with Crippen molar-refractivity contribution in [3.05, 3.63) is 96.1 Å². The Balaban J connectivity index is 1.50. The summed E-state index contributed by atoms with van der Waals surface area (Å²) in [5.74, 6) is 0.403. The van der Waals surface area contributed by atoms with Gasteiger partial charge in [0.05, 0.1) is 11.0 Å². The van der Waals surface area contributed by atoms with Gasteiger partial charge in [-0.1, -0.05) is 84.6 Å². The van der Waals surface area contributed by atoms with Gasteiger partial charge in [0.1, 0.15) is 17.7 Å². The van der Waals surface area contributed by atoms with Crippen LogP contribution in [0.5, 0.6) is 0 Å². The van der Waals surface area contributed by atoms with E-state index in [1.54, 1.807) is 11.8 Å². The smallest absolute Gasteiger partial charge is 0.410 e. The fourth-order valence-corrected chi connectivity index (χ4v) is 5.75. The maximum Gasteiger partial charge on any atom is 0.410 e. The fourth-order valence-electron chi connectivity index (χ4n) is 4.82. The van der Waals surface area contributed by atoms with Gasteiger partial charge in [0, 0.05) is 24.8 Å². The van der Waals surface area contributed by atoms with Crippen LogP contribution in [0, 0.1) is 0 Å². The summed E-state index contributed by atoms with van der Waals surface area (Å²) in [6.07, 6.45) is 0.391. The Morgan fingerprint density at radius 3 is 1.95 bits per heavy atom. The Hall–Kier alpha value is -3.78. The first-order chi connectivity index (χ1) is 20.4. The number of aromatic nitrogens is 2. The Bertz CT molecular complexity index is 1450. The number of imidazole rings is 1. The van der Waals surface area contributed by atoms with E-state index in [0.29, 0.717) is 18.8 Å². The zero-order chi connectivity index (χ0) is 31.0. The van der Waals surface area contributed by atoms with E-state index >= 15 is 0 Å². The first kappa shape index (κ1) is 32.1. The summed E-state index contributed by atoms with van der Waals surface area (Å²) < 4.78 is 13.4. The van der Waals surface area contributed by atoms with Crippen molar-refractivity contribution in [3.63, 3.8) is 0 Å². The largest absolute Gasteiger partial charge is 0.459 e. The number of fused-ring (bicyclic) bond motifs is 1. The molecule has 4 rings (SSSR count). The van der Waals surface area contributed by atoms with Crippen molar-refractivity contribution in [1.82, 2.24) is 14.5 Å². The van der Waals surface area contributed by atoms with Gasteiger partial charge >= 0.3 is 12.1 Å². The van der Waals surface area contributed by atoms with E-state index in [4.69, 9.17) is 14.5 Å². The lowest BCUT2D eigenvalue weighted by Gasteiger charge is -2.31. The number of carbonyl (C=O) groups is 2. The van der Waals surface area contributed by atoms with Crippen LogP contribution in [-0.4, -0.2) is 56.6 Å². The molecule has 0 unspecified atom stereocenters. The third-order valence-electron chi connectivity index (χ3n) is 6.59. The standard InChI is InChI=1S/C35H43N3O4S/c1-34(2,3)41-31(39)25-38-30-21-14-13-20-29(30)36-32(38)43-23-15-22-37(33(40)42-35(4,5)6)24-28(26-16-9-7-10-17-26)27-18-11-8-12-19-27/h7-14,16-21,28H,15,22-25H2,1-6H3. The highest BCUT2D eigenvalue weighted by atomic mass is 32.2. The molecule has 0 aliphatic carbocycles. The van der Waals surface area contributed by atoms with Crippen molar-refractivity contribution in [3.8, 4) is 0 Å². The quantitative estimate of drug-likeness (QED) is 0.0988. The molecule has 0 radical (unpaired) electrons. The van der Waals surface area contributed by atoms with Crippen LogP contribution < -0.4 is 0 Å². The zero-order valence-corrected chi connectivity index (χ0v) is 26.9. The Morgan fingerprint density at radius 1 is 0.814 bits per heavy atom. The second-order valence-electron chi connectivity index (χ2n) is 12.6. The molecule has 1 amide bonds. The number of nitrogens with zero attached hydrogens (tertiary/aromatic N) is 3. The minimum Gasteiger partial charge on any atom is -0.459 e. The van der Waals surface area contributed by atoms with Crippen molar-refractivity contribution in [1.29, 1.82) is 0 Å². The maximum atomic E-state index is 13.5. The van der Waals surface area contributed by atoms with E-state index in [1.165, 1.54) is 0 Å². The van der Waals surface area contributed by atoms with Crippen LogP contribution in [0.4, 0.5) is 4.79 Å². The Labute approximate surface area is 259 Å². The molecule has 8 heteroatoms. The highest BCUT2D eigenvalue weighted by Gasteiger charge is 2.26. The molecule has 0 spiro atoms. The molecule has 0 fully saturated rings. The lowest BCUT2D eigenvalue weighted by atomic mass is 9.91. The second kappa shape index (κ2) is 14.1. The number of ether oxygens (including phenoxy) is 2. The van der Waals surface area contributed by atoms with Gasteiger partial charge in [0.15, 0.2) is 5.16 Å². The first-order valence-corrected chi connectivity index (χ1v) is 15.8. The van der Waals surface area contributed by atoms with Gasteiger partial charge < -0.3 is 18.9 Å². The minimum atomic E-state index is -0.606. The maximum absolute atomic E-state index is 13.5. The molecule has 228 valence electrons. The lowest BCUT2D eigenvalue weighted by molar-refractivity contribution is -0.155. The predicted octanol–water partition coefficient (Wildman–Crippen LogP) is 7.93. The van der Waals surface area contributed by atoms with Crippen LogP contribution in [-0.2, 0) is 20.8 Å². The first-order valence-electron chi connectivity index (χ1n) is 14.8. The lowest BCUT2D eigenvalue weighted by Crippen LogP contribution is -2.40. The third-order valence-corrected chi connectivity index (χ3v) is 7.65. The van der Waals surface area contributed by atoms with Crippen LogP contribution in [0.1, 0.15) is 65.0 Å². The second-order valence-corrected chi connectivity index (χ2v) is 13.6. The van der Waals surface area contributed by atoms with Crippen molar-refractivity contribution >= 4 is 34.9 Å². The summed E-state index contributed by atoms with van der Waals surface area (Å²) in [6, 6.07) is 28.4. The zero-order valence-electron chi connectivity index (χ0n) is 26.1. The van der Waals surface area contributed by atoms with Crippen molar-refractivity contribution in [2.24, 2.45) is 0 Å². The molecule has 0 bridgehead atoms. The molecule has 1 aromatic heterocycles. The average molecular weight is 602 g/mol.